The fourth-order valence-corrected chi connectivity index (χ4v) is 4.03. The predicted molar refractivity (Wildman–Crippen MR) is 95.9 cm³/mol. The van der Waals surface area contributed by atoms with Crippen LogP contribution in [-0.4, -0.2) is 65.1 Å². The van der Waals surface area contributed by atoms with Gasteiger partial charge in [0.2, 0.25) is 11.8 Å². The van der Waals surface area contributed by atoms with Crippen molar-refractivity contribution in [3.8, 4) is 0 Å². The Balaban J connectivity index is 1.54. The van der Waals surface area contributed by atoms with Crippen LogP contribution in [0.2, 0.25) is 0 Å². The van der Waals surface area contributed by atoms with Crippen LogP contribution in [0.3, 0.4) is 0 Å². The highest BCUT2D eigenvalue weighted by molar-refractivity contribution is 6.23. The molecule has 2 atom stereocenters. The number of rotatable bonds is 3. The molecule has 0 aliphatic carbocycles. The summed E-state index contributed by atoms with van der Waals surface area (Å²) >= 11 is 0. The number of fused-ring (bicyclic) bond motifs is 1. The summed E-state index contributed by atoms with van der Waals surface area (Å²) in [5.74, 6) is -1.89. The molecule has 0 saturated carbocycles. The number of nitrogens with one attached hydrogen (secondary N) is 2. The molecule has 0 aromatic heterocycles. The molecule has 3 aliphatic heterocycles. The highest BCUT2D eigenvalue weighted by Gasteiger charge is 2.44. The van der Waals surface area contributed by atoms with E-state index in [1.165, 1.54) is 0 Å². The molecule has 2 saturated heterocycles. The monoisotopic (exact) mass is 370 g/mol. The zero-order valence-corrected chi connectivity index (χ0v) is 15.2. The van der Waals surface area contributed by atoms with Crippen LogP contribution >= 0.6 is 0 Å². The summed E-state index contributed by atoms with van der Waals surface area (Å²) in [6, 6.07) is 4.79. The van der Waals surface area contributed by atoms with Crippen molar-refractivity contribution in [1.29, 1.82) is 0 Å². The quantitative estimate of drug-likeness (QED) is 0.720. The molecule has 0 radical (unpaired) electrons. The number of piperazine rings is 1. The van der Waals surface area contributed by atoms with Gasteiger partial charge in [-0.3, -0.25) is 34.3 Å². The molecule has 4 amide bonds. The van der Waals surface area contributed by atoms with Gasteiger partial charge in [-0.1, -0.05) is 6.07 Å². The lowest BCUT2D eigenvalue weighted by Gasteiger charge is -2.31. The van der Waals surface area contributed by atoms with Crippen LogP contribution in [-0.2, 0) is 16.1 Å². The summed E-state index contributed by atoms with van der Waals surface area (Å²) < 4.78 is 0. The van der Waals surface area contributed by atoms with Crippen molar-refractivity contribution in [3.05, 3.63) is 34.9 Å². The molecule has 3 heterocycles. The summed E-state index contributed by atoms with van der Waals surface area (Å²) in [5.41, 5.74) is 1.63. The van der Waals surface area contributed by atoms with E-state index in [0.717, 1.165) is 30.1 Å². The number of piperidine rings is 1. The lowest BCUT2D eigenvalue weighted by molar-refractivity contribution is -0.136. The number of carbonyl (C=O) groups is 4. The fraction of sp³-hybridized carbons (Fsp3) is 0.474. The van der Waals surface area contributed by atoms with E-state index in [-0.39, 0.29) is 18.7 Å². The van der Waals surface area contributed by atoms with E-state index < -0.39 is 23.8 Å². The Morgan fingerprint density at radius 3 is 2.63 bits per heavy atom. The molecule has 1 aromatic rings. The number of hydrogen-bond acceptors (Lipinski definition) is 6. The number of benzene rings is 1. The van der Waals surface area contributed by atoms with Gasteiger partial charge in [-0.2, -0.15) is 0 Å². The van der Waals surface area contributed by atoms with Gasteiger partial charge in [0.05, 0.1) is 11.1 Å². The Bertz CT molecular complexity index is 837. The molecule has 1 aromatic carbocycles. The molecule has 27 heavy (non-hydrogen) atoms. The third kappa shape index (κ3) is 3.26. The molecule has 0 spiro atoms. The molecule has 2 N–H and O–H groups in total. The Morgan fingerprint density at radius 2 is 1.89 bits per heavy atom. The molecule has 142 valence electrons. The van der Waals surface area contributed by atoms with Crippen molar-refractivity contribution in [1.82, 2.24) is 20.4 Å². The van der Waals surface area contributed by atoms with Crippen molar-refractivity contribution in [2.75, 3.05) is 19.6 Å². The van der Waals surface area contributed by atoms with Gasteiger partial charge >= 0.3 is 0 Å². The van der Waals surface area contributed by atoms with Crippen molar-refractivity contribution in [2.24, 2.45) is 0 Å². The number of carbonyl (C=O) groups excluding carboxylic acids is 4. The number of hydrogen-bond donors (Lipinski definition) is 2. The van der Waals surface area contributed by atoms with Gasteiger partial charge in [0.15, 0.2) is 0 Å². The van der Waals surface area contributed by atoms with Gasteiger partial charge in [0.1, 0.15) is 6.04 Å². The molecule has 4 rings (SSSR count). The van der Waals surface area contributed by atoms with Gasteiger partial charge in [-0.25, -0.2) is 0 Å². The lowest BCUT2D eigenvalue weighted by atomic mass is 10.0. The lowest BCUT2D eigenvalue weighted by Crippen LogP contribution is -2.54. The smallest absolute Gasteiger partial charge is 0.262 e. The SMILES string of the molecule is CC1CN(Cc2ccc3c(c2)C(=O)N(C2CCC(=O)NC2=O)C3=O)CCN1. The normalized spacial score (nSPS) is 26.3. The largest absolute Gasteiger partial charge is 0.312 e. The third-order valence-electron chi connectivity index (χ3n) is 5.36. The zero-order chi connectivity index (χ0) is 19.1. The van der Waals surface area contributed by atoms with Gasteiger partial charge in [-0.15, -0.1) is 0 Å². The molecule has 0 bridgehead atoms. The minimum Gasteiger partial charge on any atom is -0.312 e. The van der Waals surface area contributed by atoms with Gasteiger partial charge in [0, 0.05) is 38.6 Å². The first kappa shape index (κ1) is 17.8. The zero-order valence-electron chi connectivity index (χ0n) is 15.2. The van der Waals surface area contributed by atoms with Crippen molar-refractivity contribution < 1.29 is 19.2 Å². The van der Waals surface area contributed by atoms with E-state index in [9.17, 15) is 19.2 Å². The van der Waals surface area contributed by atoms with E-state index in [0.29, 0.717) is 23.7 Å². The fourth-order valence-electron chi connectivity index (χ4n) is 4.03. The molecule has 2 unspecified atom stereocenters. The second-order valence-corrected chi connectivity index (χ2v) is 7.42. The molecule has 3 aliphatic rings. The summed E-state index contributed by atoms with van der Waals surface area (Å²) in [4.78, 5) is 52.3. The van der Waals surface area contributed by atoms with Crippen molar-refractivity contribution in [3.63, 3.8) is 0 Å². The summed E-state index contributed by atoms with van der Waals surface area (Å²) in [6.45, 7) is 5.62. The van der Waals surface area contributed by atoms with E-state index in [4.69, 9.17) is 0 Å². The van der Waals surface area contributed by atoms with Crippen LogP contribution in [0, 0.1) is 0 Å². The third-order valence-corrected chi connectivity index (χ3v) is 5.36. The van der Waals surface area contributed by atoms with Crippen LogP contribution in [0.15, 0.2) is 18.2 Å². The Labute approximate surface area is 156 Å². The van der Waals surface area contributed by atoms with E-state index in [1.54, 1.807) is 12.1 Å². The van der Waals surface area contributed by atoms with Gasteiger partial charge in [-0.05, 0) is 31.0 Å². The highest BCUT2D eigenvalue weighted by atomic mass is 16.2. The van der Waals surface area contributed by atoms with Crippen LogP contribution in [0.5, 0.6) is 0 Å². The molecule has 2 fully saturated rings. The van der Waals surface area contributed by atoms with E-state index >= 15 is 0 Å². The maximum Gasteiger partial charge on any atom is 0.262 e. The predicted octanol–water partition coefficient (Wildman–Crippen LogP) is -0.118. The number of amides is 4. The first-order chi connectivity index (χ1) is 12.9. The van der Waals surface area contributed by atoms with Crippen molar-refractivity contribution >= 4 is 23.6 Å². The standard InChI is InChI=1S/C19H22N4O4/c1-11-9-22(7-6-20-11)10-12-2-3-13-14(8-12)19(27)23(18(13)26)15-4-5-16(24)21-17(15)25/h2-3,8,11,15,20H,4-7,9-10H2,1H3,(H,21,24,25). The number of nitrogens with zero attached hydrogens (tertiary/aromatic N) is 2. The maximum atomic E-state index is 12.8. The van der Waals surface area contributed by atoms with Crippen molar-refractivity contribution in [2.45, 2.75) is 38.4 Å². The van der Waals surface area contributed by atoms with Crippen LogP contribution < -0.4 is 10.6 Å². The highest BCUT2D eigenvalue weighted by Crippen LogP contribution is 2.28. The van der Waals surface area contributed by atoms with Gasteiger partial charge < -0.3 is 5.32 Å². The first-order valence-electron chi connectivity index (χ1n) is 9.24. The number of imide groups is 2. The van der Waals surface area contributed by atoms with E-state index in [2.05, 4.69) is 22.5 Å². The summed E-state index contributed by atoms with van der Waals surface area (Å²) in [7, 11) is 0. The summed E-state index contributed by atoms with van der Waals surface area (Å²) in [6.07, 6.45) is 0.290. The second kappa shape index (κ2) is 6.86. The van der Waals surface area contributed by atoms with Crippen LogP contribution in [0.25, 0.3) is 0 Å². The second-order valence-electron chi connectivity index (χ2n) is 7.42. The maximum absolute atomic E-state index is 12.8. The molecule has 8 heteroatoms. The molecule has 8 nitrogen and oxygen atoms in total. The average Bonchev–Trinajstić information content (AvgIpc) is 2.86. The van der Waals surface area contributed by atoms with E-state index in [1.807, 2.05) is 6.07 Å². The summed E-state index contributed by atoms with van der Waals surface area (Å²) in [5, 5.41) is 5.60. The Morgan fingerprint density at radius 1 is 1.11 bits per heavy atom. The Hall–Kier alpha value is -2.58. The molecular formula is C19H22N4O4. The van der Waals surface area contributed by atoms with Crippen LogP contribution in [0.4, 0.5) is 0 Å². The Kier molecular flexibility index (Phi) is 4.53. The topological polar surface area (TPSA) is 98.8 Å². The first-order valence-corrected chi connectivity index (χ1v) is 9.24. The molecular weight excluding hydrogens is 348 g/mol. The average molecular weight is 370 g/mol. The van der Waals surface area contributed by atoms with Crippen LogP contribution in [0.1, 0.15) is 46.0 Å². The van der Waals surface area contributed by atoms with Gasteiger partial charge in [0.25, 0.3) is 11.8 Å². The minimum absolute atomic E-state index is 0.121. The minimum atomic E-state index is -0.924.